The van der Waals surface area contributed by atoms with Crippen molar-refractivity contribution < 1.29 is 4.79 Å². The van der Waals surface area contributed by atoms with Gasteiger partial charge in [0.25, 0.3) is 5.91 Å². The van der Waals surface area contributed by atoms with Crippen LogP contribution in [-0.2, 0) is 0 Å². The SMILES string of the molecule is CC(C)N(CCNC(=O)c1ccc2cn[nH]c2c1)C(C)C. The van der Waals surface area contributed by atoms with Gasteiger partial charge in [-0.05, 0) is 39.8 Å². The average Bonchev–Trinajstić information content (AvgIpc) is 2.89. The van der Waals surface area contributed by atoms with Crippen LogP contribution in [0.15, 0.2) is 24.4 Å². The molecule has 2 aromatic rings. The largest absolute Gasteiger partial charge is 0.351 e. The minimum Gasteiger partial charge on any atom is -0.351 e. The molecular formula is C16H24N4O. The summed E-state index contributed by atoms with van der Waals surface area (Å²) in [5, 5.41) is 10.8. The van der Waals surface area contributed by atoms with E-state index in [4.69, 9.17) is 0 Å². The summed E-state index contributed by atoms with van der Waals surface area (Å²) < 4.78 is 0. The summed E-state index contributed by atoms with van der Waals surface area (Å²) in [6, 6.07) is 6.52. The van der Waals surface area contributed by atoms with Crippen LogP contribution < -0.4 is 5.32 Å². The molecule has 5 nitrogen and oxygen atoms in total. The lowest BCUT2D eigenvalue weighted by Crippen LogP contribution is -2.42. The summed E-state index contributed by atoms with van der Waals surface area (Å²) >= 11 is 0. The molecule has 0 aliphatic rings. The monoisotopic (exact) mass is 288 g/mol. The molecule has 0 unspecified atom stereocenters. The van der Waals surface area contributed by atoms with Gasteiger partial charge >= 0.3 is 0 Å². The van der Waals surface area contributed by atoms with Crippen LogP contribution in [0.4, 0.5) is 0 Å². The highest BCUT2D eigenvalue weighted by Crippen LogP contribution is 2.12. The molecule has 0 bridgehead atoms. The number of aromatic nitrogens is 2. The van der Waals surface area contributed by atoms with Crippen molar-refractivity contribution in [1.29, 1.82) is 0 Å². The van der Waals surface area contributed by atoms with Crippen molar-refractivity contribution in [1.82, 2.24) is 20.4 Å². The molecule has 5 heteroatoms. The number of hydrogen-bond donors (Lipinski definition) is 2. The summed E-state index contributed by atoms with van der Waals surface area (Å²) in [5.74, 6) is -0.0426. The molecule has 2 N–H and O–H groups in total. The van der Waals surface area contributed by atoms with Gasteiger partial charge in [0.1, 0.15) is 0 Å². The maximum atomic E-state index is 12.2. The number of carbonyl (C=O) groups excluding carboxylic acids is 1. The molecule has 1 amide bonds. The van der Waals surface area contributed by atoms with E-state index in [2.05, 4.69) is 48.1 Å². The van der Waals surface area contributed by atoms with Crippen molar-refractivity contribution >= 4 is 16.8 Å². The lowest BCUT2D eigenvalue weighted by atomic mass is 10.1. The molecule has 1 heterocycles. The summed E-state index contributed by atoms with van der Waals surface area (Å²) in [6.07, 6.45) is 1.75. The zero-order valence-electron chi connectivity index (χ0n) is 13.2. The Balaban J connectivity index is 1.92. The fourth-order valence-electron chi connectivity index (χ4n) is 2.59. The molecule has 0 saturated carbocycles. The number of H-pyrrole nitrogens is 1. The van der Waals surface area contributed by atoms with E-state index < -0.39 is 0 Å². The highest BCUT2D eigenvalue weighted by atomic mass is 16.1. The van der Waals surface area contributed by atoms with Crippen LogP contribution >= 0.6 is 0 Å². The molecule has 114 valence electrons. The van der Waals surface area contributed by atoms with Crippen molar-refractivity contribution in [3.63, 3.8) is 0 Å². The van der Waals surface area contributed by atoms with Crippen molar-refractivity contribution in [3.05, 3.63) is 30.0 Å². The topological polar surface area (TPSA) is 61.0 Å². The number of amides is 1. The van der Waals surface area contributed by atoms with Crippen LogP contribution in [0.1, 0.15) is 38.1 Å². The van der Waals surface area contributed by atoms with E-state index in [1.807, 2.05) is 18.2 Å². The predicted octanol–water partition coefficient (Wildman–Crippen LogP) is 2.41. The molecule has 21 heavy (non-hydrogen) atoms. The van der Waals surface area contributed by atoms with Crippen molar-refractivity contribution in [2.24, 2.45) is 0 Å². The van der Waals surface area contributed by atoms with Crippen molar-refractivity contribution in [3.8, 4) is 0 Å². The predicted molar refractivity (Wildman–Crippen MR) is 85.4 cm³/mol. The highest BCUT2D eigenvalue weighted by Gasteiger charge is 2.13. The van der Waals surface area contributed by atoms with E-state index >= 15 is 0 Å². The summed E-state index contributed by atoms with van der Waals surface area (Å²) in [7, 11) is 0. The Morgan fingerprint density at radius 2 is 2.00 bits per heavy atom. The molecular weight excluding hydrogens is 264 g/mol. The first-order chi connectivity index (χ1) is 9.99. The van der Waals surface area contributed by atoms with Gasteiger partial charge in [-0.15, -0.1) is 0 Å². The third-order valence-corrected chi connectivity index (χ3v) is 3.69. The number of rotatable bonds is 6. The van der Waals surface area contributed by atoms with Crippen LogP contribution in [-0.4, -0.2) is 46.2 Å². The molecule has 0 atom stereocenters. The Morgan fingerprint density at radius 1 is 1.29 bits per heavy atom. The molecule has 0 aliphatic heterocycles. The standard InChI is InChI=1S/C16H24N4O/c1-11(2)20(12(3)4)8-7-17-16(21)13-5-6-14-10-18-19-15(14)9-13/h5-6,9-12H,7-8H2,1-4H3,(H,17,21)(H,18,19). The number of aromatic amines is 1. The number of nitrogens with zero attached hydrogens (tertiary/aromatic N) is 2. The summed E-state index contributed by atoms with van der Waals surface area (Å²) in [4.78, 5) is 14.5. The van der Waals surface area contributed by atoms with E-state index in [0.29, 0.717) is 24.2 Å². The smallest absolute Gasteiger partial charge is 0.251 e. The molecule has 0 fully saturated rings. The van der Waals surface area contributed by atoms with Crippen molar-refractivity contribution in [2.75, 3.05) is 13.1 Å². The van der Waals surface area contributed by atoms with E-state index in [9.17, 15) is 4.79 Å². The molecule has 1 aromatic heterocycles. The maximum absolute atomic E-state index is 12.2. The highest BCUT2D eigenvalue weighted by molar-refractivity contribution is 5.97. The first-order valence-corrected chi connectivity index (χ1v) is 7.46. The van der Waals surface area contributed by atoms with Gasteiger partial charge in [0, 0.05) is 36.1 Å². The molecule has 0 saturated heterocycles. The van der Waals surface area contributed by atoms with E-state index in [0.717, 1.165) is 17.4 Å². The first kappa shape index (κ1) is 15.5. The first-order valence-electron chi connectivity index (χ1n) is 7.46. The normalized spacial score (nSPS) is 11.8. The van der Waals surface area contributed by atoms with Crippen molar-refractivity contribution in [2.45, 2.75) is 39.8 Å². The quantitative estimate of drug-likeness (QED) is 0.858. The molecule has 2 rings (SSSR count). The Hall–Kier alpha value is -1.88. The van der Waals surface area contributed by atoms with E-state index in [1.54, 1.807) is 6.20 Å². The lowest BCUT2D eigenvalue weighted by Gasteiger charge is -2.30. The number of hydrogen-bond acceptors (Lipinski definition) is 3. The van der Waals surface area contributed by atoms with E-state index in [1.165, 1.54) is 0 Å². The molecule has 1 aromatic carbocycles. The average molecular weight is 288 g/mol. The Labute approximate surface area is 125 Å². The second-order valence-corrected chi connectivity index (χ2v) is 5.85. The second-order valence-electron chi connectivity index (χ2n) is 5.85. The van der Waals surface area contributed by atoms with Gasteiger partial charge in [-0.3, -0.25) is 14.8 Å². The van der Waals surface area contributed by atoms with Gasteiger partial charge in [0.05, 0.1) is 11.7 Å². The molecule has 0 radical (unpaired) electrons. The lowest BCUT2D eigenvalue weighted by molar-refractivity contribution is 0.0939. The number of benzene rings is 1. The van der Waals surface area contributed by atoms with Gasteiger partial charge in [0.15, 0.2) is 0 Å². The third kappa shape index (κ3) is 3.82. The van der Waals surface area contributed by atoms with E-state index in [-0.39, 0.29) is 5.91 Å². The summed E-state index contributed by atoms with van der Waals surface area (Å²) in [6.45, 7) is 10.2. The van der Waals surface area contributed by atoms with Crippen LogP contribution in [0.25, 0.3) is 10.9 Å². The van der Waals surface area contributed by atoms with Crippen LogP contribution in [0.5, 0.6) is 0 Å². The Morgan fingerprint density at radius 3 is 2.67 bits per heavy atom. The van der Waals surface area contributed by atoms with Gasteiger partial charge in [0.2, 0.25) is 0 Å². The molecule has 0 spiro atoms. The Bertz CT molecular complexity index is 595. The van der Waals surface area contributed by atoms with Gasteiger partial charge in [-0.25, -0.2) is 0 Å². The maximum Gasteiger partial charge on any atom is 0.251 e. The van der Waals surface area contributed by atoms with Crippen LogP contribution in [0, 0.1) is 0 Å². The second kappa shape index (κ2) is 6.72. The zero-order chi connectivity index (χ0) is 15.4. The molecule has 0 aliphatic carbocycles. The summed E-state index contributed by atoms with van der Waals surface area (Å²) in [5.41, 5.74) is 1.54. The number of nitrogens with one attached hydrogen (secondary N) is 2. The van der Waals surface area contributed by atoms with Gasteiger partial charge < -0.3 is 5.32 Å². The fourth-order valence-corrected chi connectivity index (χ4v) is 2.59. The third-order valence-electron chi connectivity index (χ3n) is 3.69. The Kier molecular flexibility index (Phi) is 4.96. The minimum absolute atomic E-state index is 0.0426. The fraction of sp³-hybridized carbons (Fsp3) is 0.500. The van der Waals surface area contributed by atoms with Gasteiger partial charge in [-0.1, -0.05) is 6.07 Å². The number of fused-ring (bicyclic) bond motifs is 1. The van der Waals surface area contributed by atoms with Gasteiger partial charge in [-0.2, -0.15) is 5.10 Å². The zero-order valence-corrected chi connectivity index (χ0v) is 13.2. The van der Waals surface area contributed by atoms with Crippen LogP contribution in [0.3, 0.4) is 0 Å². The minimum atomic E-state index is -0.0426. The number of carbonyl (C=O) groups is 1. The van der Waals surface area contributed by atoms with Crippen LogP contribution in [0.2, 0.25) is 0 Å².